The van der Waals surface area contributed by atoms with Crippen LogP contribution in [0.4, 0.5) is 11.8 Å². The van der Waals surface area contributed by atoms with Gasteiger partial charge in [0.15, 0.2) is 0 Å². The van der Waals surface area contributed by atoms with E-state index in [4.69, 9.17) is 9.97 Å². The van der Waals surface area contributed by atoms with Crippen molar-refractivity contribution in [3.8, 4) is 0 Å². The molecule has 2 aromatic rings. The number of para-hydroxylation sites is 1. The normalized spacial score (nSPS) is 34.9. The highest BCUT2D eigenvalue weighted by molar-refractivity contribution is 5.90. The van der Waals surface area contributed by atoms with Crippen molar-refractivity contribution in [1.29, 1.82) is 0 Å². The Morgan fingerprint density at radius 3 is 2.50 bits per heavy atom. The minimum atomic E-state index is 0.482. The van der Waals surface area contributed by atoms with Gasteiger partial charge in [-0.3, -0.25) is 0 Å². The molecule has 4 bridgehead atoms. The van der Waals surface area contributed by atoms with E-state index in [9.17, 15) is 0 Å². The molecule has 4 nitrogen and oxygen atoms in total. The average Bonchev–Trinajstić information content (AvgIpc) is 3.15. The molecule has 3 atom stereocenters. The molecule has 1 aromatic carbocycles. The van der Waals surface area contributed by atoms with Crippen LogP contribution in [0.1, 0.15) is 58.3 Å². The molecule has 1 aliphatic heterocycles. The summed E-state index contributed by atoms with van der Waals surface area (Å²) in [5.41, 5.74) is 1.56. The van der Waals surface area contributed by atoms with E-state index in [1.165, 1.54) is 56.8 Å². The van der Waals surface area contributed by atoms with Gasteiger partial charge in [-0.05, 0) is 93.6 Å². The Balaban J connectivity index is 1.34. The minimum Gasteiger partial charge on any atom is -0.366 e. The monoisotopic (exact) mass is 376 g/mol. The Morgan fingerprint density at radius 1 is 1.00 bits per heavy atom. The van der Waals surface area contributed by atoms with Crippen LogP contribution in [0.25, 0.3) is 10.9 Å². The summed E-state index contributed by atoms with van der Waals surface area (Å²) >= 11 is 0. The maximum atomic E-state index is 5.07. The summed E-state index contributed by atoms with van der Waals surface area (Å²) in [5, 5.41) is 5.08. The maximum absolute atomic E-state index is 5.07. The molecule has 4 saturated carbocycles. The SMILES string of the molecule is CC(Nc1nc(N2CCCCC2)nc2ccccc12)C12CC3CC(C1)C(C3)C2. The standard InChI is InChI=1S/C24H32N4/c1-16(24-13-17-11-18(14-24)19(12-17)15-24)25-22-20-7-3-4-8-21(20)26-23(27-22)28-9-5-2-6-10-28/h3-4,7-8,16-19H,2,5-6,9-15H2,1H3,(H,25,26,27). The number of fused-ring (bicyclic) bond motifs is 1. The van der Waals surface area contributed by atoms with Crippen molar-refractivity contribution in [2.24, 2.45) is 23.2 Å². The molecule has 0 radical (unpaired) electrons. The second-order valence-corrected chi connectivity index (χ2v) is 10.1. The maximum Gasteiger partial charge on any atom is 0.227 e. The van der Waals surface area contributed by atoms with Crippen LogP contribution in [0.15, 0.2) is 24.3 Å². The molecule has 1 saturated heterocycles. The van der Waals surface area contributed by atoms with Crippen LogP contribution in [0.5, 0.6) is 0 Å². The van der Waals surface area contributed by atoms with Crippen LogP contribution >= 0.6 is 0 Å². The van der Waals surface area contributed by atoms with Crippen LogP contribution in [-0.2, 0) is 0 Å². The first-order chi connectivity index (χ1) is 13.7. The third-order valence-corrected chi connectivity index (χ3v) is 8.47. The number of nitrogens with one attached hydrogen (secondary N) is 1. The number of anilines is 2. The van der Waals surface area contributed by atoms with Gasteiger partial charge in [-0.2, -0.15) is 4.98 Å². The first kappa shape index (κ1) is 17.1. The van der Waals surface area contributed by atoms with Gasteiger partial charge in [-0.15, -0.1) is 0 Å². The van der Waals surface area contributed by atoms with Crippen LogP contribution in [-0.4, -0.2) is 29.1 Å². The van der Waals surface area contributed by atoms with Crippen molar-refractivity contribution >= 4 is 22.7 Å². The number of nitrogens with zero attached hydrogens (tertiary/aromatic N) is 3. The zero-order valence-corrected chi connectivity index (χ0v) is 17.0. The topological polar surface area (TPSA) is 41.1 Å². The summed E-state index contributed by atoms with van der Waals surface area (Å²) in [7, 11) is 0. The summed E-state index contributed by atoms with van der Waals surface area (Å²) in [6.45, 7) is 4.59. The summed E-state index contributed by atoms with van der Waals surface area (Å²) < 4.78 is 0. The van der Waals surface area contributed by atoms with Crippen LogP contribution < -0.4 is 10.2 Å². The first-order valence-corrected chi connectivity index (χ1v) is 11.5. The van der Waals surface area contributed by atoms with E-state index in [1.54, 1.807) is 0 Å². The quantitative estimate of drug-likeness (QED) is 0.791. The van der Waals surface area contributed by atoms with Crippen molar-refractivity contribution in [2.75, 3.05) is 23.3 Å². The lowest BCUT2D eigenvalue weighted by atomic mass is 9.66. The predicted octanol–water partition coefficient (Wildman–Crippen LogP) is 5.25. The van der Waals surface area contributed by atoms with Gasteiger partial charge >= 0.3 is 0 Å². The van der Waals surface area contributed by atoms with Crippen molar-refractivity contribution in [1.82, 2.24) is 9.97 Å². The number of piperidine rings is 1. The molecular weight excluding hydrogens is 344 g/mol. The third kappa shape index (κ3) is 2.63. The van der Waals surface area contributed by atoms with Gasteiger partial charge in [0.1, 0.15) is 5.82 Å². The molecule has 2 heterocycles. The largest absolute Gasteiger partial charge is 0.366 e. The highest BCUT2D eigenvalue weighted by Gasteiger charge is 2.57. The Kier molecular flexibility index (Phi) is 3.86. The molecule has 28 heavy (non-hydrogen) atoms. The van der Waals surface area contributed by atoms with E-state index >= 15 is 0 Å². The number of hydrogen-bond acceptors (Lipinski definition) is 4. The molecule has 0 amide bonds. The van der Waals surface area contributed by atoms with Gasteiger partial charge in [0, 0.05) is 24.5 Å². The lowest BCUT2D eigenvalue weighted by Gasteiger charge is -2.43. The van der Waals surface area contributed by atoms with Crippen molar-refractivity contribution in [2.45, 2.75) is 64.3 Å². The number of aromatic nitrogens is 2. The van der Waals surface area contributed by atoms with Crippen LogP contribution in [0.2, 0.25) is 0 Å². The molecule has 4 heteroatoms. The Morgan fingerprint density at radius 2 is 1.75 bits per heavy atom. The van der Waals surface area contributed by atoms with Gasteiger partial charge in [-0.25, -0.2) is 4.98 Å². The highest BCUT2D eigenvalue weighted by Crippen LogP contribution is 2.65. The Labute approximate surface area is 168 Å². The van der Waals surface area contributed by atoms with E-state index in [2.05, 4.69) is 41.4 Å². The molecule has 3 unspecified atom stereocenters. The second kappa shape index (κ2) is 6.33. The summed E-state index contributed by atoms with van der Waals surface area (Å²) in [4.78, 5) is 12.4. The fraction of sp³-hybridized carbons (Fsp3) is 0.667. The number of benzene rings is 1. The van der Waals surface area contributed by atoms with Gasteiger partial charge in [0.25, 0.3) is 0 Å². The molecule has 148 valence electrons. The summed E-state index contributed by atoms with van der Waals surface area (Å²) in [6.07, 6.45) is 11.2. The van der Waals surface area contributed by atoms with Gasteiger partial charge in [-0.1, -0.05) is 12.1 Å². The van der Waals surface area contributed by atoms with Crippen LogP contribution in [0.3, 0.4) is 0 Å². The fourth-order valence-corrected chi connectivity index (χ4v) is 7.17. The zero-order chi connectivity index (χ0) is 18.7. The van der Waals surface area contributed by atoms with Crippen molar-refractivity contribution in [3.05, 3.63) is 24.3 Å². The lowest BCUT2D eigenvalue weighted by molar-refractivity contribution is 0.125. The predicted molar refractivity (Wildman–Crippen MR) is 115 cm³/mol. The van der Waals surface area contributed by atoms with E-state index in [0.29, 0.717) is 11.5 Å². The number of hydrogen-bond donors (Lipinski definition) is 1. The molecule has 5 aliphatic rings. The van der Waals surface area contributed by atoms with Gasteiger partial charge < -0.3 is 10.2 Å². The lowest BCUT2D eigenvalue weighted by Crippen LogP contribution is -2.41. The minimum absolute atomic E-state index is 0.482. The first-order valence-electron chi connectivity index (χ1n) is 11.5. The van der Waals surface area contributed by atoms with Crippen LogP contribution in [0, 0.1) is 23.2 Å². The van der Waals surface area contributed by atoms with E-state index in [1.807, 2.05) is 0 Å². The highest BCUT2D eigenvalue weighted by atomic mass is 15.3. The van der Waals surface area contributed by atoms with E-state index in [-0.39, 0.29) is 0 Å². The Hall–Kier alpha value is -1.84. The average molecular weight is 377 g/mol. The molecule has 0 spiro atoms. The zero-order valence-electron chi connectivity index (χ0n) is 17.0. The van der Waals surface area contributed by atoms with Crippen molar-refractivity contribution < 1.29 is 0 Å². The third-order valence-electron chi connectivity index (χ3n) is 8.47. The second-order valence-electron chi connectivity index (χ2n) is 10.1. The molecule has 5 fully saturated rings. The van der Waals surface area contributed by atoms with Gasteiger partial charge in [0.05, 0.1) is 5.52 Å². The van der Waals surface area contributed by atoms with Gasteiger partial charge in [0.2, 0.25) is 5.95 Å². The molecule has 7 rings (SSSR count). The molecular formula is C24H32N4. The fourth-order valence-electron chi connectivity index (χ4n) is 7.17. The number of rotatable bonds is 4. The summed E-state index contributed by atoms with van der Waals surface area (Å²) in [5.74, 6) is 4.98. The molecule has 1 N–H and O–H groups in total. The van der Waals surface area contributed by atoms with Crippen molar-refractivity contribution in [3.63, 3.8) is 0 Å². The van der Waals surface area contributed by atoms with E-state index < -0.39 is 0 Å². The molecule has 1 aromatic heterocycles. The Bertz CT molecular complexity index is 868. The summed E-state index contributed by atoms with van der Waals surface area (Å²) in [6, 6.07) is 9.01. The smallest absolute Gasteiger partial charge is 0.227 e. The van der Waals surface area contributed by atoms with E-state index in [0.717, 1.165) is 48.1 Å². The molecule has 4 aliphatic carbocycles.